The highest BCUT2D eigenvalue weighted by Gasteiger charge is 2.28. The molecule has 4 aromatic rings. The van der Waals surface area contributed by atoms with Crippen molar-refractivity contribution in [1.29, 1.82) is 5.41 Å². The fourth-order valence-electron chi connectivity index (χ4n) is 6.54. The molecule has 7 rings (SSSR count). The van der Waals surface area contributed by atoms with E-state index in [2.05, 4.69) is 62.7 Å². The lowest BCUT2D eigenvalue weighted by atomic mass is 10.0. The first-order chi connectivity index (χ1) is 19.7. The van der Waals surface area contributed by atoms with Crippen LogP contribution in [-0.4, -0.2) is 78.7 Å². The van der Waals surface area contributed by atoms with Crippen LogP contribution in [0.3, 0.4) is 0 Å². The highest BCUT2D eigenvalue weighted by atomic mass is 32.1. The van der Waals surface area contributed by atoms with Crippen molar-refractivity contribution < 1.29 is 4.74 Å². The molecule has 40 heavy (non-hydrogen) atoms. The Kier molecular flexibility index (Phi) is 7.01. The second-order valence-corrected chi connectivity index (χ2v) is 12.2. The van der Waals surface area contributed by atoms with Crippen molar-refractivity contribution in [2.45, 2.75) is 31.8 Å². The zero-order valence-corrected chi connectivity index (χ0v) is 23.8. The van der Waals surface area contributed by atoms with Gasteiger partial charge in [0, 0.05) is 83.1 Å². The SMILES string of the molecule is CNc1cc(-c2n[nH]c3c2Cc2sc(-c4ccc(CN5CCC(N6CCOCC6)CC5)cc4)cc2-3)ccc1C=N. The first kappa shape index (κ1) is 25.7. The standard InChI is InChI=1S/C32H36N6OS/c1-34-28-16-23(6-7-24(28)19-33)31-27-18-30-26(32(27)36-35-31)17-29(40-30)22-4-2-21(3-5-22)20-37-10-8-25(9-11-37)38-12-14-39-15-13-38/h2-7,16-17,19,25,33-34H,8-15,18,20H2,1H3,(H,35,36). The van der Waals surface area contributed by atoms with Gasteiger partial charge < -0.3 is 15.5 Å². The van der Waals surface area contributed by atoms with Crippen LogP contribution in [0, 0.1) is 5.41 Å². The van der Waals surface area contributed by atoms with Crippen LogP contribution in [0.1, 0.15) is 34.4 Å². The molecule has 2 aliphatic heterocycles. The van der Waals surface area contributed by atoms with Crippen LogP contribution in [-0.2, 0) is 17.7 Å². The number of H-pyrrole nitrogens is 1. The minimum Gasteiger partial charge on any atom is -0.388 e. The van der Waals surface area contributed by atoms with E-state index in [1.54, 1.807) is 0 Å². The number of ether oxygens (including phenoxy) is 1. The summed E-state index contributed by atoms with van der Waals surface area (Å²) in [5.41, 5.74) is 10.3. The molecule has 4 heterocycles. The molecule has 3 aliphatic rings. The topological polar surface area (TPSA) is 80.3 Å². The van der Waals surface area contributed by atoms with E-state index in [1.807, 2.05) is 24.5 Å². The molecule has 0 saturated carbocycles. The summed E-state index contributed by atoms with van der Waals surface area (Å²) in [4.78, 5) is 7.97. The molecular formula is C32H36N6OS. The van der Waals surface area contributed by atoms with Gasteiger partial charge in [0.25, 0.3) is 0 Å². The van der Waals surface area contributed by atoms with E-state index in [-0.39, 0.29) is 0 Å². The van der Waals surface area contributed by atoms with Gasteiger partial charge in [-0.25, -0.2) is 0 Å². The lowest BCUT2D eigenvalue weighted by Crippen LogP contribution is -2.48. The first-order valence-electron chi connectivity index (χ1n) is 14.4. The number of hydrogen-bond donors (Lipinski definition) is 3. The van der Waals surface area contributed by atoms with Gasteiger partial charge in [-0.1, -0.05) is 36.4 Å². The van der Waals surface area contributed by atoms with Gasteiger partial charge in [-0.2, -0.15) is 5.10 Å². The minimum absolute atomic E-state index is 0.730. The van der Waals surface area contributed by atoms with Crippen molar-refractivity contribution >= 4 is 23.2 Å². The van der Waals surface area contributed by atoms with Gasteiger partial charge in [0.2, 0.25) is 0 Å². The van der Waals surface area contributed by atoms with Crippen molar-refractivity contribution in [1.82, 2.24) is 20.0 Å². The number of aromatic amines is 1. The molecule has 0 atom stereocenters. The third-order valence-electron chi connectivity index (χ3n) is 8.80. The summed E-state index contributed by atoms with van der Waals surface area (Å²) in [5.74, 6) is 0. The summed E-state index contributed by atoms with van der Waals surface area (Å²) in [6, 6.07) is 18.4. The zero-order valence-electron chi connectivity index (χ0n) is 23.0. The molecule has 0 bridgehead atoms. The highest BCUT2D eigenvalue weighted by molar-refractivity contribution is 7.16. The molecule has 3 N–H and O–H groups in total. The van der Waals surface area contributed by atoms with Crippen LogP contribution in [0.15, 0.2) is 48.5 Å². The number of nitrogens with zero attached hydrogens (tertiary/aromatic N) is 3. The molecule has 2 saturated heterocycles. The Hall–Kier alpha value is -3.30. The molecule has 2 aromatic heterocycles. The van der Waals surface area contributed by atoms with Gasteiger partial charge in [-0.15, -0.1) is 11.3 Å². The van der Waals surface area contributed by atoms with E-state index in [4.69, 9.17) is 15.2 Å². The van der Waals surface area contributed by atoms with Crippen LogP contribution < -0.4 is 5.32 Å². The maximum absolute atomic E-state index is 7.63. The molecule has 0 unspecified atom stereocenters. The van der Waals surface area contributed by atoms with Crippen molar-refractivity contribution in [2.75, 3.05) is 51.8 Å². The number of hydrogen-bond acceptors (Lipinski definition) is 7. The van der Waals surface area contributed by atoms with Crippen LogP contribution in [0.2, 0.25) is 0 Å². The largest absolute Gasteiger partial charge is 0.388 e. The van der Waals surface area contributed by atoms with Gasteiger partial charge in [0.05, 0.1) is 24.6 Å². The third-order valence-corrected chi connectivity index (χ3v) is 9.98. The van der Waals surface area contributed by atoms with Crippen LogP contribution in [0.4, 0.5) is 5.69 Å². The summed E-state index contributed by atoms with van der Waals surface area (Å²) in [6.45, 7) is 7.37. The van der Waals surface area contributed by atoms with Crippen LogP contribution in [0.5, 0.6) is 0 Å². The molecule has 2 aromatic carbocycles. The number of benzene rings is 2. The quantitative estimate of drug-likeness (QED) is 0.225. The molecule has 0 spiro atoms. The Morgan fingerprint density at radius 1 is 1.05 bits per heavy atom. The van der Waals surface area contributed by atoms with Crippen LogP contribution >= 0.6 is 11.3 Å². The normalized spacial score (nSPS) is 18.0. The molecule has 1 aliphatic carbocycles. The van der Waals surface area contributed by atoms with Crippen molar-refractivity contribution in [3.05, 3.63) is 70.1 Å². The predicted molar refractivity (Wildman–Crippen MR) is 164 cm³/mol. The molecule has 8 heteroatoms. The zero-order chi connectivity index (χ0) is 27.1. The number of aromatic nitrogens is 2. The highest BCUT2D eigenvalue weighted by Crippen LogP contribution is 2.46. The second-order valence-electron chi connectivity index (χ2n) is 11.1. The van der Waals surface area contributed by atoms with E-state index in [1.165, 1.54) is 64.2 Å². The summed E-state index contributed by atoms with van der Waals surface area (Å²) < 4.78 is 5.53. The first-order valence-corrected chi connectivity index (χ1v) is 15.2. The number of anilines is 1. The summed E-state index contributed by atoms with van der Waals surface area (Å²) in [7, 11) is 1.89. The summed E-state index contributed by atoms with van der Waals surface area (Å²) in [6.07, 6.45) is 4.82. The maximum atomic E-state index is 7.63. The number of morpholine rings is 1. The number of nitrogens with one attached hydrogen (secondary N) is 3. The van der Waals surface area contributed by atoms with Crippen LogP contribution in [0.25, 0.3) is 33.0 Å². The van der Waals surface area contributed by atoms with Gasteiger partial charge in [0.15, 0.2) is 0 Å². The van der Waals surface area contributed by atoms with Gasteiger partial charge >= 0.3 is 0 Å². The smallest absolute Gasteiger partial charge is 0.0963 e. The monoisotopic (exact) mass is 552 g/mol. The lowest BCUT2D eigenvalue weighted by molar-refractivity contribution is 0.000231. The molecule has 2 fully saturated rings. The average molecular weight is 553 g/mol. The van der Waals surface area contributed by atoms with E-state index in [0.29, 0.717) is 0 Å². The number of piperidine rings is 1. The third kappa shape index (κ3) is 4.79. The van der Waals surface area contributed by atoms with E-state index >= 15 is 0 Å². The molecule has 206 valence electrons. The van der Waals surface area contributed by atoms with Crippen molar-refractivity contribution in [3.8, 4) is 33.0 Å². The Balaban J connectivity index is 1.02. The molecule has 7 nitrogen and oxygen atoms in total. The molecule has 0 amide bonds. The van der Waals surface area contributed by atoms with E-state index < -0.39 is 0 Å². The average Bonchev–Trinajstić information content (AvgIpc) is 3.70. The van der Waals surface area contributed by atoms with Gasteiger partial charge in [-0.05, 0) is 49.2 Å². The van der Waals surface area contributed by atoms with Crippen molar-refractivity contribution in [3.63, 3.8) is 0 Å². The fraction of sp³-hybridized carbons (Fsp3) is 0.375. The lowest BCUT2D eigenvalue weighted by Gasteiger charge is -2.40. The Morgan fingerprint density at radius 3 is 2.58 bits per heavy atom. The Bertz CT molecular complexity index is 1510. The fourth-order valence-corrected chi connectivity index (χ4v) is 7.72. The minimum atomic E-state index is 0.730. The molecule has 0 radical (unpaired) electrons. The summed E-state index contributed by atoms with van der Waals surface area (Å²) >= 11 is 1.90. The Morgan fingerprint density at radius 2 is 1.82 bits per heavy atom. The van der Waals surface area contributed by atoms with E-state index in [0.717, 1.165) is 73.5 Å². The van der Waals surface area contributed by atoms with Gasteiger partial charge in [0.1, 0.15) is 0 Å². The number of fused-ring (bicyclic) bond motifs is 3. The number of thiophene rings is 1. The maximum Gasteiger partial charge on any atom is 0.0963 e. The predicted octanol–water partition coefficient (Wildman–Crippen LogP) is 5.71. The molecular weight excluding hydrogens is 516 g/mol. The Labute approximate surface area is 239 Å². The number of likely N-dealkylation sites (tertiary alicyclic amines) is 1. The van der Waals surface area contributed by atoms with Gasteiger partial charge in [-0.3, -0.25) is 14.9 Å². The summed E-state index contributed by atoms with van der Waals surface area (Å²) in [5, 5.41) is 18.9. The van der Waals surface area contributed by atoms with E-state index in [9.17, 15) is 0 Å². The number of rotatable bonds is 7. The van der Waals surface area contributed by atoms with Crippen molar-refractivity contribution in [2.24, 2.45) is 0 Å². The second kappa shape index (κ2) is 10.9.